The Morgan fingerprint density at radius 3 is 2.39 bits per heavy atom. The first-order valence-corrected chi connectivity index (χ1v) is 6.54. The van der Waals surface area contributed by atoms with E-state index in [1.807, 2.05) is 0 Å². The van der Waals surface area contributed by atoms with Crippen LogP contribution in [0.15, 0.2) is 0 Å². The van der Waals surface area contributed by atoms with Crippen molar-refractivity contribution in [1.82, 2.24) is 4.90 Å². The molecule has 5 heteroatoms. The molecule has 1 unspecified atom stereocenters. The molecule has 5 nitrogen and oxygen atoms in total. The monoisotopic (exact) mass is 258 g/mol. The number of rotatable bonds is 9. The van der Waals surface area contributed by atoms with Gasteiger partial charge in [0.05, 0.1) is 13.0 Å². The molecule has 0 radical (unpaired) electrons. The number of methoxy groups -OCH3 is 1. The zero-order valence-electron chi connectivity index (χ0n) is 11.8. The van der Waals surface area contributed by atoms with E-state index in [1.54, 1.807) is 18.9 Å². The molecule has 18 heavy (non-hydrogen) atoms. The number of amides is 1. The first-order chi connectivity index (χ1) is 8.52. The lowest BCUT2D eigenvalue weighted by Gasteiger charge is -2.20. The van der Waals surface area contributed by atoms with Crippen LogP contribution in [-0.2, 0) is 14.3 Å². The zero-order chi connectivity index (χ0) is 14.0. The number of unbranched alkanes of at least 4 members (excludes halogenated alkanes) is 3. The molecule has 0 saturated carbocycles. The molecule has 0 aliphatic carbocycles. The van der Waals surface area contributed by atoms with Gasteiger partial charge in [-0.3, -0.25) is 9.59 Å². The summed E-state index contributed by atoms with van der Waals surface area (Å²) in [6.45, 7) is 2.88. The molecule has 0 aromatic rings. The number of nitrogens with two attached hydrogens (primary N) is 1. The van der Waals surface area contributed by atoms with Gasteiger partial charge in [-0.25, -0.2) is 0 Å². The number of nitrogens with zero attached hydrogens (tertiary/aromatic N) is 1. The highest BCUT2D eigenvalue weighted by atomic mass is 16.5. The first kappa shape index (κ1) is 16.9. The molecule has 0 saturated heterocycles. The molecule has 0 rings (SSSR count). The molecular weight excluding hydrogens is 232 g/mol. The molecule has 0 bridgehead atoms. The van der Waals surface area contributed by atoms with Gasteiger partial charge in [-0.2, -0.15) is 0 Å². The number of ether oxygens (including phenoxy) is 1. The van der Waals surface area contributed by atoms with Crippen molar-refractivity contribution in [2.45, 2.75) is 39.0 Å². The fourth-order valence-corrected chi connectivity index (χ4v) is 1.75. The maximum atomic E-state index is 11.8. The average molecular weight is 258 g/mol. The number of esters is 1. The van der Waals surface area contributed by atoms with E-state index < -0.39 is 0 Å². The van der Waals surface area contributed by atoms with Gasteiger partial charge in [0.2, 0.25) is 5.91 Å². The van der Waals surface area contributed by atoms with Crippen LogP contribution in [0.2, 0.25) is 0 Å². The Labute approximate surface area is 110 Å². The van der Waals surface area contributed by atoms with Gasteiger partial charge in [-0.15, -0.1) is 0 Å². The van der Waals surface area contributed by atoms with Gasteiger partial charge in [0.25, 0.3) is 0 Å². The predicted octanol–water partition coefficient (Wildman–Crippen LogP) is 1.16. The van der Waals surface area contributed by atoms with E-state index in [2.05, 4.69) is 4.74 Å². The minimum absolute atomic E-state index is 0.0819. The number of hydrogen-bond acceptors (Lipinski definition) is 4. The molecule has 0 aliphatic heterocycles. The van der Waals surface area contributed by atoms with E-state index >= 15 is 0 Å². The third kappa shape index (κ3) is 7.27. The van der Waals surface area contributed by atoms with Crippen molar-refractivity contribution in [3.63, 3.8) is 0 Å². The first-order valence-electron chi connectivity index (χ1n) is 6.54. The minimum Gasteiger partial charge on any atom is -0.469 e. The second kappa shape index (κ2) is 9.88. The number of hydrogen-bond donors (Lipinski definition) is 1. The predicted molar refractivity (Wildman–Crippen MR) is 71.0 cm³/mol. The van der Waals surface area contributed by atoms with Gasteiger partial charge < -0.3 is 15.4 Å². The summed E-state index contributed by atoms with van der Waals surface area (Å²) < 4.78 is 4.63. The zero-order valence-corrected chi connectivity index (χ0v) is 11.8. The smallest absolute Gasteiger partial charge is 0.310 e. The van der Waals surface area contributed by atoms with Crippen molar-refractivity contribution in [1.29, 1.82) is 0 Å². The van der Waals surface area contributed by atoms with Crippen molar-refractivity contribution < 1.29 is 14.3 Å². The molecule has 0 aromatic heterocycles. The second-order valence-corrected chi connectivity index (χ2v) is 4.65. The lowest BCUT2D eigenvalue weighted by atomic mass is 10.1. The van der Waals surface area contributed by atoms with E-state index in [1.165, 1.54) is 7.11 Å². The van der Waals surface area contributed by atoms with Crippen molar-refractivity contribution in [3.05, 3.63) is 0 Å². The van der Waals surface area contributed by atoms with Crippen molar-refractivity contribution >= 4 is 11.9 Å². The normalized spacial score (nSPS) is 12.0. The highest BCUT2D eigenvalue weighted by Crippen LogP contribution is 2.07. The summed E-state index contributed by atoms with van der Waals surface area (Å²) in [4.78, 5) is 24.6. The summed E-state index contributed by atoms with van der Waals surface area (Å²) in [5, 5.41) is 0. The Kier molecular flexibility index (Phi) is 9.28. The third-order valence-corrected chi connectivity index (χ3v) is 2.92. The molecule has 1 atom stereocenters. The molecule has 2 N–H and O–H groups in total. The maximum Gasteiger partial charge on any atom is 0.310 e. The van der Waals surface area contributed by atoms with Crippen LogP contribution in [0.25, 0.3) is 0 Å². The van der Waals surface area contributed by atoms with Gasteiger partial charge in [-0.1, -0.05) is 19.8 Å². The van der Waals surface area contributed by atoms with Crippen molar-refractivity contribution in [2.75, 3.05) is 27.2 Å². The minimum atomic E-state index is -0.280. The van der Waals surface area contributed by atoms with E-state index in [9.17, 15) is 9.59 Å². The molecule has 0 aliphatic rings. The molecule has 106 valence electrons. The molecular formula is C13H26N2O3. The van der Waals surface area contributed by atoms with Crippen LogP contribution in [-0.4, -0.2) is 44.0 Å². The van der Waals surface area contributed by atoms with Gasteiger partial charge in [0.15, 0.2) is 0 Å². The topological polar surface area (TPSA) is 72.6 Å². The van der Waals surface area contributed by atoms with Crippen LogP contribution in [0.1, 0.15) is 39.0 Å². The quantitative estimate of drug-likeness (QED) is 0.497. The van der Waals surface area contributed by atoms with Gasteiger partial charge >= 0.3 is 5.97 Å². The van der Waals surface area contributed by atoms with Crippen molar-refractivity contribution in [3.8, 4) is 0 Å². The summed E-state index contributed by atoms with van der Waals surface area (Å²) in [5.41, 5.74) is 5.40. The summed E-state index contributed by atoms with van der Waals surface area (Å²) in [6, 6.07) is 0. The SMILES string of the molecule is COC(=O)C(C)CN(C)C(=O)CCCCCCN. The summed E-state index contributed by atoms with van der Waals surface area (Å²) in [7, 11) is 3.08. The Bertz CT molecular complexity index is 257. The lowest BCUT2D eigenvalue weighted by molar-refractivity contribution is -0.146. The van der Waals surface area contributed by atoms with Crippen LogP contribution in [0, 0.1) is 5.92 Å². The Hall–Kier alpha value is -1.10. The largest absolute Gasteiger partial charge is 0.469 e. The van der Waals surface area contributed by atoms with E-state index in [4.69, 9.17) is 5.73 Å². The van der Waals surface area contributed by atoms with E-state index in [-0.39, 0.29) is 17.8 Å². The summed E-state index contributed by atoms with van der Waals surface area (Å²) in [6.07, 6.45) is 4.55. The Morgan fingerprint density at radius 1 is 1.22 bits per heavy atom. The van der Waals surface area contributed by atoms with E-state index in [0.29, 0.717) is 19.5 Å². The van der Waals surface area contributed by atoms with Gasteiger partial charge in [0.1, 0.15) is 0 Å². The van der Waals surface area contributed by atoms with Crippen molar-refractivity contribution in [2.24, 2.45) is 11.7 Å². The number of carbonyl (C=O) groups is 2. The lowest BCUT2D eigenvalue weighted by Crippen LogP contribution is -2.34. The molecule has 0 spiro atoms. The molecule has 0 heterocycles. The maximum absolute atomic E-state index is 11.8. The Balaban J connectivity index is 3.79. The number of carbonyl (C=O) groups excluding carboxylic acids is 2. The average Bonchev–Trinajstić information content (AvgIpc) is 2.36. The van der Waals surface area contributed by atoms with Crippen LogP contribution >= 0.6 is 0 Å². The van der Waals surface area contributed by atoms with Crippen LogP contribution in [0.4, 0.5) is 0 Å². The van der Waals surface area contributed by atoms with Gasteiger partial charge in [-0.05, 0) is 19.4 Å². The Morgan fingerprint density at radius 2 is 1.83 bits per heavy atom. The molecule has 0 aromatic carbocycles. The third-order valence-electron chi connectivity index (χ3n) is 2.92. The molecule has 1 amide bonds. The standard InChI is InChI=1S/C13H26N2O3/c1-11(13(17)18-3)10-15(2)12(16)8-6-4-5-7-9-14/h11H,4-10,14H2,1-3H3. The van der Waals surface area contributed by atoms with Crippen LogP contribution < -0.4 is 5.73 Å². The summed E-state index contributed by atoms with van der Waals surface area (Å²) >= 11 is 0. The van der Waals surface area contributed by atoms with Crippen LogP contribution in [0.3, 0.4) is 0 Å². The van der Waals surface area contributed by atoms with E-state index in [0.717, 1.165) is 25.7 Å². The fourth-order valence-electron chi connectivity index (χ4n) is 1.75. The highest BCUT2D eigenvalue weighted by Gasteiger charge is 2.18. The molecule has 0 fully saturated rings. The second-order valence-electron chi connectivity index (χ2n) is 4.65. The van der Waals surface area contributed by atoms with Gasteiger partial charge in [0, 0.05) is 20.0 Å². The summed E-state index contributed by atoms with van der Waals surface area (Å²) in [5.74, 6) is -0.475. The van der Waals surface area contributed by atoms with Crippen LogP contribution in [0.5, 0.6) is 0 Å². The fraction of sp³-hybridized carbons (Fsp3) is 0.846. The highest BCUT2D eigenvalue weighted by molar-refractivity contribution is 5.77.